The lowest BCUT2D eigenvalue weighted by atomic mass is 10.1. The third-order valence-electron chi connectivity index (χ3n) is 2.88. The van der Waals surface area contributed by atoms with E-state index in [0.29, 0.717) is 11.6 Å². The van der Waals surface area contributed by atoms with Crippen LogP contribution in [0.15, 0.2) is 12.5 Å². The van der Waals surface area contributed by atoms with E-state index in [-0.39, 0.29) is 0 Å². The maximum absolute atomic E-state index is 5.95. The monoisotopic (exact) mass is 231 g/mol. The summed E-state index contributed by atoms with van der Waals surface area (Å²) < 4.78 is 2.00. The first-order valence-corrected chi connectivity index (χ1v) is 5.80. The lowest BCUT2D eigenvalue weighted by molar-refractivity contribution is 0.762. The molecule has 2 heterocycles. The van der Waals surface area contributed by atoms with Crippen molar-refractivity contribution in [3.63, 3.8) is 0 Å². The number of nitrogens with two attached hydrogens (primary N) is 1. The molecule has 5 heteroatoms. The summed E-state index contributed by atoms with van der Waals surface area (Å²) in [4.78, 5) is 13.0. The van der Waals surface area contributed by atoms with Crippen molar-refractivity contribution in [2.75, 3.05) is 5.73 Å². The van der Waals surface area contributed by atoms with E-state index < -0.39 is 0 Å². The molecular formula is C12H17N5. The number of hydrogen-bond donors (Lipinski definition) is 1. The zero-order chi connectivity index (χ0) is 12.4. The Kier molecular flexibility index (Phi) is 3.08. The molecule has 0 aromatic carbocycles. The highest BCUT2D eigenvalue weighted by molar-refractivity contribution is 5.54. The van der Waals surface area contributed by atoms with E-state index in [9.17, 15) is 0 Å². The number of nitrogens with zero attached hydrogens (tertiary/aromatic N) is 4. The summed E-state index contributed by atoms with van der Waals surface area (Å²) in [5.41, 5.74) is 8.82. The molecule has 17 heavy (non-hydrogen) atoms. The van der Waals surface area contributed by atoms with Crippen LogP contribution < -0.4 is 5.73 Å². The molecule has 0 unspecified atom stereocenters. The number of hydrogen-bond acceptors (Lipinski definition) is 4. The molecule has 0 fully saturated rings. The summed E-state index contributed by atoms with van der Waals surface area (Å²) in [6.45, 7) is 6.92. The Morgan fingerprint density at radius 1 is 1.29 bits per heavy atom. The van der Waals surface area contributed by atoms with Gasteiger partial charge in [0.1, 0.15) is 11.5 Å². The third-order valence-corrected chi connectivity index (χ3v) is 2.88. The predicted octanol–water partition coefficient (Wildman–Crippen LogP) is 1.81. The first kappa shape index (κ1) is 11.6. The van der Waals surface area contributed by atoms with Crippen molar-refractivity contribution < 1.29 is 0 Å². The Morgan fingerprint density at radius 3 is 2.65 bits per heavy atom. The van der Waals surface area contributed by atoms with Gasteiger partial charge >= 0.3 is 0 Å². The molecule has 0 aliphatic carbocycles. The molecule has 2 N–H and O–H groups in total. The van der Waals surface area contributed by atoms with Gasteiger partial charge in [-0.2, -0.15) is 0 Å². The van der Waals surface area contributed by atoms with Crippen molar-refractivity contribution in [3.8, 4) is 11.5 Å². The van der Waals surface area contributed by atoms with Gasteiger partial charge < -0.3 is 10.3 Å². The fourth-order valence-corrected chi connectivity index (χ4v) is 1.93. The first-order chi connectivity index (χ1) is 8.17. The average molecular weight is 231 g/mol. The second-order valence-corrected chi connectivity index (χ2v) is 3.91. The quantitative estimate of drug-likeness (QED) is 0.874. The Bertz CT molecular complexity index is 506. The summed E-state index contributed by atoms with van der Waals surface area (Å²) in [5.74, 6) is 1.22. The van der Waals surface area contributed by atoms with Crippen LogP contribution in [0, 0.1) is 6.92 Å². The summed E-state index contributed by atoms with van der Waals surface area (Å²) in [5, 5.41) is 0. The molecule has 0 aliphatic rings. The van der Waals surface area contributed by atoms with Crippen LogP contribution in [0.25, 0.3) is 11.5 Å². The molecule has 5 nitrogen and oxygen atoms in total. The van der Waals surface area contributed by atoms with E-state index in [1.807, 2.05) is 11.5 Å². The largest absolute Gasteiger partial charge is 0.383 e. The van der Waals surface area contributed by atoms with Crippen LogP contribution in [0.4, 0.5) is 5.82 Å². The first-order valence-electron chi connectivity index (χ1n) is 5.80. The summed E-state index contributed by atoms with van der Waals surface area (Å²) in [6.07, 6.45) is 4.40. The molecule has 0 radical (unpaired) electrons. The van der Waals surface area contributed by atoms with Gasteiger partial charge in [0.05, 0.1) is 12.5 Å². The molecule has 90 valence electrons. The third kappa shape index (κ3) is 2.00. The molecule has 0 bridgehead atoms. The minimum atomic E-state index is 0.568. The van der Waals surface area contributed by atoms with Crippen molar-refractivity contribution in [3.05, 3.63) is 23.8 Å². The molecular weight excluding hydrogens is 214 g/mol. The SMILES string of the molecule is CCc1c(C)nc(-c2cncn2CC)nc1N. The van der Waals surface area contributed by atoms with E-state index in [1.165, 1.54) is 0 Å². The fraction of sp³-hybridized carbons (Fsp3) is 0.417. The van der Waals surface area contributed by atoms with Gasteiger partial charge in [-0.25, -0.2) is 15.0 Å². The smallest absolute Gasteiger partial charge is 0.180 e. The Morgan fingerprint density at radius 2 is 2.06 bits per heavy atom. The van der Waals surface area contributed by atoms with E-state index in [2.05, 4.69) is 28.8 Å². The number of aryl methyl sites for hydroxylation is 2. The molecule has 2 aromatic heterocycles. The molecule has 0 amide bonds. The molecule has 0 saturated carbocycles. The maximum Gasteiger partial charge on any atom is 0.180 e. The zero-order valence-electron chi connectivity index (χ0n) is 10.4. The van der Waals surface area contributed by atoms with E-state index in [1.54, 1.807) is 12.5 Å². The van der Waals surface area contributed by atoms with Crippen molar-refractivity contribution in [1.29, 1.82) is 0 Å². The highest BCUT2D eigenvalue weighted by atomic mass is 15.1. The van der Waals surface area contributed by atoms with Gasteiger partial charge in [0.25, 0.3) is 0 Å². The van der Waals surface area contributed by atoms with Gasteiger partial charge in [0.15, 0.2) is 5.82 Å². The van der Waals surface area contributed by atoms with Crippen LogP contribution >= 0.6 is 0 Å². The van der Waals surface area contributed by atoms with E-state index >= 15 is 0 Å². The average Bonchev–Trinajstić information content (AvgIpc) is 2.76. The molecule has 0 aliphatic heterocycles. The fourth-order valence-electron chi connectivity index (χ4n) is 1.93. The normalized spacial score (nSPS) is 10.8. The van der Waals surface area contributed by atoms with Crippen LogP contribution in [0.5, 0.6) is 0 Å². The Hall–Kier alpha value is -1.91. The standard InChI is InChI=1S/C12H17N5/c1-4-9-8(3)15-12(16-11(9)13)10-6-14-7-17(10)5-2/h6-7H,4-5H2,1-3H3,(H2,13,15,16). The summed E-state index contributed by atoms with van der Waals surface area (Å²) in [6, 6.07) is 0. The van der Waals surface area contributed by atoms with Crippen LogP contribution in [-0.4, -0.2) is 19.5 Å². The molecule has 2 aromatic rings. The van der Waals surface area contributed by atoms with Gasteiger partial charge in [-0.1, -0.05) is 6.92 Å². The van der Waals surface area contributed by atoms with Gasteiger partial charge in [0.2, 0.25) is 0 Å². The van der Waals surface area contributed by atoms with E-state index in [0.717, 1.165) is 29.9 Å². The lowest BCUT2D eigenvalue weighted by Crippen LogP contribution is -2.06. The number of anilines is 1. The van der Waals surface area contributed by atoms with Crippen molar-refractivity contribution in [1.82, 2.24) is 19.5 Å². The second-order valence-electron chi connectivity index (χ2n) is 3.91. The Labute approximate surface area is 101 Å². The molecule has 2 rings (SSSR count). The molecule has 0 spiro atoms. The van der Waals surface area contributed by atoms with Crippen molar-refractivity contribution >= 4 is 5.82 Å². The number of nitrogen functional groups attached to an aromatic ring is 1. The predicted molar refractivity (Wildman–Crippen MR) is 67.5 cm³/mol. The number of imidazole rings is 1. The topological polar surface area (TPSA) is 69.6 Å². The molecule has 0 saturated heterocycles. The summed E-state index contributed by atoms with van der Waals surface area (Å²) in [7, 11) is 0. The van der Waals surface area contributed by atoms with Crippen molar-refractivity contribution in [2.45, 2.75) is 33.7 Å². The maximum atomic E-state index is 5.95. The minimum absolute atomic E-state index is 0.568. The highest BCUT2D eigenvalue weighted by Gasteiger charge is 2.12. The zero-order valence-corrected chi connectivity index (χ0v) is 10.4. The Balaban J connectivity index is 2.54. The molecule has 0 atom stereocenters. The highest BCUT2D eigenvalue weighted by Crippen LogP contribution is 2.20. The van der Waals surface area contributed by atoms with Crippen LogP contribution in [0.2, 0.25) is 0 Å². The van der Waals surface area contributed by atoms with Crippen LogP contribution in [0.1, 0.15) is 25.1 Å². The van der Waals surface area contributed by atoms with E-state index in [4.69, 9.17) is 5.73 Å². The lowest BCUT2D eigenvalue weighted by Gasteiger charge is -2.09. The van der Waals surface area contributed by atoms with Crippen molar-refractivity contribution in [2.24, 2.45) is 0 Å². The van der Waals surface area contributed by atoms with Gasteiger partial charge in [0, 0.05) is 17.8 Å². The van der Waals surface area contributed by atoms with Crippen LogP contribution in [-0.2, 0) is 13.0 Å². The second kappa shape index (κ2) is 4.53. The van der Waals surface area contributed by atoms with Gasteiger partial charge in [-0.05, 0) is 20.3 Å². The number of aromatic nitrogens is 4. The van der Waals surface area contributed by atoms with Crippen LogP contribution in [0.3, 0.4) is 0 Å². The summed E-state index contributed by atoms with van der Waals surface area (Å²) >= 11 is 0. The number of rotatable bonds is 3. The van der Waals surface area contributed by atoms with Gasteiger partial charge in [-0.15, -0.1) is 0 Å². The van der Waals surface area contributed by atoms with Gasteiger partial charge in [-0.3, -0.25) is 0 Å². The minimum Gasteiger partial charge on any atom is -0.383 e.